The van der Waals surface area contributed by atoms with Crippen LogP contribution in [-0.4, -0.2) is 32.6 Å². The summed E-state index contributed by atoms with van der Waals surface area (Å²) in [7, 11) is 0. The first-order valence-corrected chi connectivity index (χ1v) is 6.64. The highest BCUT2D eigenvalue weighted by atomic mass is 15.3. The first-order chi connectivity index (χ1) is 8.78. The third-order valence-electron chi connectivity index (χ3n) is 3.69. The van der Waals surface area contributed by atoms with Crippen LogP contribution in [0.15, 0.2) is 18.3 Å². The average molecular weight is 245 g/mol. The van der Waals surface area contributed by atoms with Crippen molar-refractivity contribution in [2.45, 2.75) is 32.2 Å². The Morgan fingerprint density at radius 2 is 2.28 bits per heavy atom. The van der Waals surface area contributed by atoms with Gasteiger partial charge < -0.3 is 5.73 Å². The lowest BCUT2D eigenvalue weighted by Gasteiger charge is -2.32. The molecule has 3 heterocycles. The molecule has 0 aromatic carbocycles. The van der Waals surface area contributed by atoms with Crippen LogP contribution in [0.5, 0.6) is 0 Å². The first kappa shape index (κ1) is 11.5. The normalized spacial score (nSPS) is 21.5. The van der Waals surface area contributed by atoms with Crippen molar-refractivity contribution in [2.75, 3.05) is 18.8 Å². The predicted octanol–water partition coefficient (Wildman–Crippen LogP) is 1.86. The van der Waals surface area contributed by atoms with E-state index in [0.717, 1.165) is 36.7 Å². The van der Waals surface area contributed by atoms with Gasteiger partial charge in [0.2, 0.25) is 0 Å². The van der Waals surface area contributed by atoms with Crippen LogP contribution >= 0.6 is 0 Å². The van der Waals surface area contributed by atoms with E-state index in [9.17, 15) is 0 Å². The van der Waals surface area contributed by atoms with E-state index in [0.29, 0.717) is 6.04 Å². The highest BCUT2D eigenvalue weighted by molar-refractivity contribution is 5.46. The molecule has 1 aliphatic heterocycles. The van der Waals surface area contributed by atoms with E-state index in [1.54, 1.807) is 4.52 Å². The molecule has 2 aromatic heterocycles. The summed E-state index contributed by atoms with van der Waals surface area (Å²) in [5.74, 6) is 0.933. The molecule has 18 heavy (non-hydrogen) atoms. The minimum Gasteiger partial charge on any atom is -0.397 e. The second-order valence-electron chi connectivity index (χ2n) is 4.88. The molecular weight excluding hydrogens is 226 g/mol. The van der Waals surface area contributed by atoms with Crippen LogP contribution in [0.4, 0.5) is 5.69 Å². The lowest BCUT2D eigenvalue weighted by molar-refractivity contribution is 0.150. The number of hydrogen-bond acceptors (Lipinski definition) is 4. The zero-order chi connectivity index (χ0) is 12.5. The number of piperidine rings is 1. The largest absolute Gasteiger partial charge is 0.397 e. The summed E-state index contributed by atoms with van der Waals surface area (Å²) in [5.41, 5.74) is 7.36. The van der Waals surface area contributed by atoms with Crippen molar-refractivity contribution >= 4 is 11.3 Å². The molecule has 2 aromatic rings. The maximum Gasteiger partial charge on any atom is 0.168 e. The molecule has 0 bridgehead atoms. The molecule has 0 amide bonds. The van der Waals surface area contributed by atoms with Gasteiger partial charge in [-0.05, 0) is 38.1 Å². The first-order valence-electron chi connectivity index (χ1n) is 6.64. The molecule has 0 saturated carbocycles. The van der Waals surface area contributed by atoms with Gasteiger partial charge in [0.15, 0.2) is 11.5 Å². The van der Waals surface area contributed by atoms with E-state index < -0.39 is 0 Å². The van der Waals surface area contributed by atoms with Gasteiger partial charge in [0.05, 0.1) is 17.9 Å². The van der Waals surface area contributed by atoms with Gasteiger partial charge in [0.1, 0.15) is 0 Å². The third-order valence-corrected chi connectivity index (χ3v) is 3.69. The minimum atomic E-state index is 0.366. The number of pyridine rings is 1. The van der Waals surface area contributed by atoms with E-state index in [-0.39, 0.29) is 0 Å². The van der Waals surface area contributed by atoms with E-state index in [2.05, 4.69) is 21.9 Å². The Bertz CT molecular complexity index is 547. The van der Waals surface area contributed by atoms with Crippen molar-refractivity contribution in [3.8, 4) is 0 Å². The Labute approximate surface area is 107 Å². The lowest BCUT2D eigenvalue weighted by atomic mass is 10.0. The molecule has 0 spiro atoms. The predicted molar refractivity (Wildman–Crippen MR) is 71.2 cm³/mol. The Morgan fingerprint density at radius 1 is 1.39 bits per heavy atom. The summed E-state index contributed by atoms with van der Waals surface area (Å²) >= 11 is 0. The molecule has 1 saturated heterocycles. The standard InChI is InChI=1S/C13H19N5/c1-2-17-8-4-3-5-11(17)13-15-12-7-6-10(14)9-18(12)16-13/h6-7,9,11H,2-5,8,14H2,1H3. The number of likely N-dealkylation sites (tertiary alicyclic amines) is 1. The van der Waals surface area contributed by atoms with E-state index in [1.165, 1.54) is 12.8 Å². The molecule has 5 heteroatoms. The van der Waals surface area contributed by atoms with Crippen LogP contribution < -0.4 is 5.73 Å². The molecule has 0 radical (unpaired) electrons. The average Bonchev–Trinajstić information content (AvgIpc) is 2.81. The Kier molecular flexibility index (Phi) is 2.91. The summed E-state index contributed by atoms with van der Waals surface area (Å²) < 4.78 is 1.78. The number of hydrogen-bond donors (Lipinski definition) is 1. The monoisotopic (exact) mass is 245 g/mol. The summed E-state index contributed by atoms with van der Waals surface area (Å²) in [4.78, 5) is 7.09. The second kappa shape index (κ2) is 4.57. The van der Waals surface area contributed by atoms with Gasteiger partial charge in [0.25, 0.3) is 0 Å². The van der Waals surface area contributed by atoms with Gasteiger partial charge in [0, 0.05) is 0 Å². The molecule has 5 nitrogen and oxygen atoms in total. The number of aromatic nitrogens is 3. The van der Waals surface area contributed by atoms with Gasteiger partial charge in [-0.25, -0.2) is 9.50 Å². The molecule has 1 aliphatic rings. The van der Waals surface area contributed by atoms with Crippen molar-refractivity contribution in [2.24, 2.45) is 0 Å². The molecule has 0 aliphatic carbocycles. The number of nitrogens with zero attached hydrogens (tertiary/aromatic N) is 4. The van der Waals surface area contributed by atoms with Crippen LogP contribution in [0.1, 0.15) is 38.1 Å². The molecule has 2 N–H and O–H groups in total. The van der Waals surface area contributed by atoms with Gasteiger partial charge in [-0.15, -0.1) is 5.10 Å². The van der Waals surface area contributed by atoms with E-state index in [4.69, 9.17) is 5.73 Å². The van der Waals surface area contributed by atoms with E-state index in [1.807, 2.05) is 18.3 Å². The highest BCUT2D eigenvalue weighted by Gasteiger charge is 2.26. The van der Waals surface area contributed by atoms with E-state index >= 15 is 0 Å². The van der Waals surface area contributed by atoms with Crippen molar-refractivity contribution in [3.05, 3.63) is 24.2 Å². The maximum absolute atomic E-state index is 5.77. The molecule has 96 valence electrons. The molecule has 1 fully saturated rings. The summed E-state index contributed by atoms with van der Waals surface area (Å²) in [6.45, 7) is 4.41. The Morgan fingerprint density at radius 3 is 3.11 bits per heavy atom. The summed E-state index contributed by atoms with van der Waals surface area (Å²) in [6.07, 6.45) is 5.52. The lowest BCUT2D eigenvalue weighted by Crippen LogP contribution is -2.33. The zero-order valence-corrected chi connectivity index (χ0v) is 10.7. The van der Waals surface area contributed by atoms with Crippen molar-refractivity contribution in [1.29, 1.82) is 0 Å². The fourth-order valence-corrected chi connectivity index (χ4v) is 2.72. The molecular formula is C13H19N5. The van der Waals surface area contributed by atoms with Crippen LogP contribution in [-0.2, 0) is 0 Å². The maximum atomic E-state index is 5.77. The zero-order valence-electron chi connectivity index (χ0n) is 10.7. The molecule has 3 rings (SSSR count). The quantitative estimate of drug-likeness (QED) is 0.877. The van der Waals surface area contributed by atoms with Gasteiger partial charge in [-0.2, -0.15) is 0 Å². The van der Waals surface area contributed by atoms with Crippen molar-refractivity contribution in [3.63, 3.8) is 0 Å². The molecule has 1 unspecified atom stereocenters. The van der Waals surface area contributed by atoms with Gasteiger partial charge in [-0.1, -0.05) is 13.3 Å². The third kappa shape index (κ3) is 1.95. The fourth-order valence-electron chi connectivity index (χ4n) is 2.72. The number of fused-ring (bicyclic) bond motifs is 1. The summed E-state index contributed by atoms with van der Waals surface area (Å²) in [6, 6.07) is 4.15. The topological polar surface area (TPSA) is 59.5 Å². The SMILES string of the molecule is CCN1CCCCC1c1nc2ccc(N)cn2n1. The number of rotatable bonds is 2. The van der Waals surface area contributed by atoms with Crippen molar-refractivity contribution in [1.82, 2.24) is 19.5 Å². The van der Waals surface area contributed by atoms with Crippen LogP contribution in [0, 0.1) is 0 Å². The Hall–Kier alpha value is -1.62. The Balaban J connectivity index is 1.97. The van der Waals surface area contributed by atoms with Crippen LogP contribution in [0.25, 0.3) is 5.65 Å². The van der Waals surface area contributed by atoms with Crippen LogP contribution in [0.3, 0.4) is 0 Å². The highest BCUT2D eigenvalue weighted by Crippen LogP contribution is 2.28. The molecule has 1 atom stereocenters. The van der Waals surface area contributed by atoms with Gasteiger partial charge in [-0.3, -0.25) is 4.90 Å². The number of nitrogen functional groups attached to an aromatic ring is 1. The summed E-state index contributed by atoms with van der Waals surface area (Å²) in [5, 5.41) is 4.58. The number of anilines is 1. The number of nitrogens with two attached hydrogens (primary N) is 1. The second-order valence-corrected chi connectivity index (χ2v) is 4.88. The minimum absolute atomic E-state index is 0.366. The smallest absolute Gasteiger partial charge is 0.168 e. The van der Waals surface area contributed by atoms with Crippen LogP contribution in [0.2, 0.25) is 0 Å². The van der Waals surface area contributed by atoms with Gasteiger partial charge >= 0.3 is 0 Å². The fraction of sp³-hybridized carbons (Fsp3) is 0.538. The van der Waals surface area contributed by atoms with Crippen molar-refractivity contribution < 1.29 is 0 Å².